The number of rotatable bonds is 2. The third-order valence-electron chi connectivity index (χ3n) is 4.48. The first-order chi connectivity index (χ1) is 10.3. The maximum Gasteiger partial charge on any atom is 0.223 e. The van der Waals surface area contributed by atoms with Gasteiger partial charge in [0.05, 0.1) is 13.2 Å². The number of nitrogens with zero attached hydrogens (tertiary/aromatic N) is 1. The number of ether oxygens (including phenoxy) is 1. The average molecular weight is 283 g/mol. The zero-order valence-corrected chi connectivity index (χ0v) is 12.0. The number of benzene rings is 1. The molecule has 108 valence electrons. The first-order valence-electron chi connectivity index (χ1n) is 7.33. The minimum Gasteiger partial charge on any atom is -0.497 e. The van der Waals surface area contributed by atoms with E-state index in [1.165, 1.54) is 5.56 Å². The molecule has 0 spiro atoms. The van der Waals surface area contributed by atoms with Crippen molar-refractivity contribution in [3.8, 4) is 17.1 Å². The zero-order chi connectivity index (χ0) is 14.4. The molecule has 21 heavy (non-hydrogen) atoms. The van der Waals surface area contributed by atoms with Gasteiger partial charge in [-0.2, -0.15) is 0 Å². The van der Waals surface area contributed by atoms with Gasteiger partial charge in [0.1, 0.15) is 17.3 Å². The van der Waals surface area contributed by atoms with Gasteiger partial charge in [-0.15, -0.1) is 0 Å². The molecule has 0 bridgehead atoms. The zero-order valence-electron chi connectivity index (χ0n) is 12.0. The molecule has 0 radical (unpaired) electrons. The van der Waals surface area contributed by atoms with Crippen LogP contribution in [0.5, 0.6) is 5.75 Å². The first kappa shape index (κ1) is 12.5. The number of amides is 1. The summed E-state index contributed by atoms with van der Waals surface area (Å²) < 4.78 is 11.2. The molecule has 2 aliphatic rings. The van der Waals surface area contributed by atoms with Crippen molar-refractivity contribution in [2.24, 2.45) is 0 Å². The highest BCUT2D eigenvalue weighted by Gasteiger charge is 2.38. The number of hydrogen-bond donors (Lipinski definition) is 0. The van der Waals surface area contributed by atoms with E-state index in [0.29, 0.717) is 6.42 Å². The third-order valence-corrected chi connectivity index (χ3v) is 4.48. The van der Waals surface area contributed by atoms with Gasteiger partial charge in [-0.25, -0.2) is 0 Å². The van der Waals surface area contributed by atoms with E-state index >= 15 is 0 Å². The van der Waals surface area contributed by atoms with Crippen molar-refractivity contribution in [2.75, 3.05) is 13.7 Å². The molecule has 1 fully saturated rings. The molecule has 0 aliphatic carbocycles. The van der Waals surface area contributed by atoms with Crippen molar-refractivity contribution < 1.29 is 13.9 Å². The fourth-order valence-electron chi connectivity index (χ4n) is 3.38. The molecule has 4 nitrogen and oxygen atoms in total. The topological polar surface area (TPSA) is 42.7 Å². The summed E-state index contributed by atoms with van der Waals surface area (Å²) in [4.78, 5) is 13.8. The van der Waals surface area contributed by atoms with Crippen LogP contribution >= 0.6 is 0 Å². The third kappa shape index (κ3) is 1.94. The van der Waals surface area contributed by atoms with E-state index in [1.54, 1.807) is 7.11 Å². The van der Waals surface area contributed by atoms with Gasteiger partial charge in [0, 0.05) is 30.5 Å². The van der Waals surface area contributed by atoms with Crippen LogP contribution in [-0.4, -0.2) is 24.5 Å². The lowest BCUT2D eigenvalue weighted by molar-refractivity contribution is -0.129. The maximum atomic E-state index is 11.8. The molecule has 1 saturated heterocycles. The Bertz CT molecular complexity index is 687. The molecule has 0 saturated carbocycles. The highest BCUT2D eigenvalue weighted by molar-refractivity contribution is 5.79. The Morgan fingerprint density at radius 3 is 2.81 bits per heavy atom. The van der Waals surface area contributed by atoms with Crippen molar-refractivity contribution in [2.45, 2.75) is 25.3 Å². The molecule has 0 unspecified atom stereocenters. The van der Waals surface area contributed by atoms with Gasteiger partial charge in [-0.1, -0.05) is 0 Å². The van der Waals surface area contributed by atoms with E-state index in [0.717, 1.165) is 42.2 Å². The molecule has 4 rings (SSSR count). The number of furan rings is 1. The van der Waals surface area contributed by atoms with Crippen molar-refractivity contribution in [3.05, 3.63) is 41.7 Å². The van der Waals surface area contributed by atoms with Gasteiger partial charge in [0.25, 0.3) is 0 Å². The van der Waals surface area contributed by atoms with Gasteiger partial charge in [-0.05, 0) is 36.8 Å². The van der Waals surface area contributed by atoms with Gasteiger partial charge < -0.3 is 14.1 Å². The summed E-state index contributed by atoms with van der Waals surface area (Å²) in [7, 11) is 1.66. The van der Waals surface area contributed by atoms with Crippen LogP contribution in [0.3, 0.4) is 0 Å². The summed E-state index contributed by atoms with van der Waals surface area (Å²) >= 11 is 0. The molecule has 2 aromatic rings. The second kappa shape index (κ2) is 4.65. The summed E-state index contributed by atoms with van der Waals surface area (Å²) in [5.41, 5.74) is 2.24. The molecule has 4 heteroatoms. The molecule has 2 aliphatic heterocycles. The van der Waals surface area contributed by atoms with Crippen LogP contribution in [0.15, 0.2) is 34.7 Å². The van der Waals surface area contributed by atoms with Gasteiger partial charge in [0.15, 0.2) is 0 Å². The van der Waals surface area contributed by atoms with Crippen LogP contribution in [0.2, 0.25) is 0 Å². The largest absolute Gasteiger partial charge is 0.497 e. The Morgan fingerprint density at radius 2 is 2.05 bits per heavy atom. The van der Waals surface area contributed by atoms with E-state index in [4.69, 9.17) is 9.15 Å². The highest BCUT2D eigenvalue weighted by atomic mass is 16.5. The summed E-state index contributed by atoms with van der Waals surface area (Å²) in [6.45, 7) is 0.784. The standard InChI is InChI=1S/C17H17NO3/c1-20-12-4-2-11(3-5-12)16-10-13-14-6-7-17(19)18(14)9-8-15(13)21-16/h2-5,10,14H,6-9H2,1H3/t14-/m1/s1. The fourth-order valence-corrected chi connectivity index (χ4v) is 3.38. The van der Waals surface area contributed by atoms with Crippen molar-refractivity contribution in [1.82, 2.24) is 4.90 Å². The van der Waals surface area contributed by atoms with E-state index in [2.05, 4.69) is 6.07 Å². The predicted molar refractivity (Wildman–Crippen MR) is 78.1 cm³/mol. The minimum atomic E-state index is 0.219. The Morgan fingerprint density at radius 1 is 1.24 bits per heavy atom. The molecular formula is C17H17NO3. The number of carbonyl (C=O) groups is 1. The summed E-state index contributed by atoms with van der Waals surface area (Å²) in [5.74, 6) is 3.03. The second-order valence-corrected chi connectivity index (χ2v) is 5.61. The summed E-state index contributed by atoms with van der Waals surface area (Å²) in [5, 5.41) is 0. The van der Waals surface area contributed by atoms with E-state index in [1.807, 2.05) is 29.2 Å². The molecule has 3 heterocycles. The van der Waals surface area contributed by atoms with Crippen LogP contribution in [0.1, 0.15) is 30.2 Å². The Balaban J connectivity index is 1.70. The van der Waals surface area contributed by atoms with Crippen LogP contribution in [0.25, 0.3) is 11.3 Å². The first-order valence-corrected chi connectivity index (χ1v) is 7.33. The molecule has 1 aromatic carbocycles. The van der Waals surface area contributed by atoms with E-state index in [-0.39, 0.29) is 11.9 Å². The fraction of sp³-hybridized carbons (Fsp3) is 0.353. The highest BCUT2D eigenvalue weighted by Crippen LogP contribution is 2.41. The van der Waals surface area contributed by atoms with Crippen LogP contribution in [0.4, 0.5) is 0 Å². The summed E-state index contributed by atoms with van der Waals surface area (Å²) in [6.07, 6.45) is 2.38. The predicted octanol–water partition coefficient (Wildman–Crippen LogP) is 3.17. The Kier molecular flexibility index (Phi) is 2.77. The molecule has 0 N–H and O–H groups in total. The lowest BCUT2D eigenvalue weighted by Gasteiger charge is -2.28. The maximum absolute atomic E-state index is 11.8. The average Bonchev–Trinajstić information content (AvgIpc) is 3.11. The molecular weight excluding hydrogens is 266 g/mol. The smallest absolute Gasteiger partial charge is 0.223 e. The molecule has 1 atom stereocenters. The SMILES string of the molecule is COc1ccc(-c2cc3c(o2)CCN2C(=O)CC[C@H]32)cc1. The van der Waals surface area contributed by atoms with Crippen molar-refractivity contribution in [3.63, 3.8) is 0 Å². The van der Waals surface area contributed by atoms with Crippen molar-refractivity contribution >= 4 is 5.91 Å². The van der Waals surface area contributed by atoms with Crippen LogP contribution < -0.4 is 4.74 Å². The summed E-state index contributed by atoms with van der Waals surface area (Å²) in [6, 6.07) is 10.2. The lowest BCUT2D eigenvalue weighted by atomic mass is 9.99. The monoisotopic (exact) mass is 283 g/mol. The van der Waals surface area contributed by atoms with Crippen molar-refractivity contribution in [1.29, 1.82) is 0 Å². The van der Waals surface area contributed by atoms with Gasteiger partial charge >= 0.3 is 0 Å². The normalized spacial score (nSPS) is 20.3. The Hall–Kier alpha value is -2.23. The van der Waals surface area contributed by atoms with Gasteiger partial charge in [0.2, 0.25) is 5.91 Å². The molecule has 1 aromatic heterocycles. The van der Waals surface area contributed by atoms with E-state index < -0.39 is 0 Å². The molecule has 1 amide bonds. The minimum absolute atomic E-state index is 0.219. The van der Waals surface area contributed by atoms with E-state index in [9.17, 15) is 4.79 Å². The Labute approximate surface area is 123 Å². The number of hydrogen-bond acceptors (Lipinski definition) is 3. The second-order valence-electron chi connectivity index (χ2n) is 5.61. The quantitative estimate of drug-likeness (QED) is 0.850. The van der Waals surface area contributed by atoms with Gasteiger partial charge in [-0.3, -0.25) is 4.79 Å². The number of methoxy groups -OCH3 is 1. The lowest BCUT2D eigenvalue weighted by Crippen LogP contribution is -2.33. The van der Waals surface area contributed by atoms with Crippen LogP contribution in [-0.2, 0) is 11.2 Å². The number of carbonyl (C=O) groups excluding carboxylic acids is 1. The van der Waals surface area contributed by atoms with Crippen LogP contribution in [0, 0.1) is 0 Å². The number of fused-ring (bicyclic) bond motifs is 3.